The third kappa shape index (κ3) is 3.27. The Morgan fingerprint density at radius 3 is 2.67 bits per heavy atom. The zero-order chi connectivity index (χ0) is 13.2. The molecule has 1 aliphatic heterocycles. The average Bonchev–Trinajstić information content (AvgIpc) is 2.77. The summed E-state index contributed by atoms with van der Waals surface area (Å²) in [5, 5.41) is 9.87. The van der Waals surface area contributed by atoms with Crippen molar-refractivity contribution in [3.05, 3.63) is 0 Å². The molecule has 2 rings (SSSR count). The van der Waals surface area contributed by atoms with E-state index in [4.69, 9.17) is 0 Å². The predicted molar refractivity (Wildman–Crippen MR) is 76.5 cm³/mol. The monoisotopic (exact) mass is 253 g/mol. The van der Waals surface area contributed by atoms with Crippen molar-refractivity contribution < 1.29 is 5.11 Å². The smallest absolute Gasteiger partial charge is 0.0499 e. The second kappa shape index (κ2) is 5.92. The normalized spacial score (nSPS) is 38.5. The summed E-state index contributed by atoms with van der Waals surface area (Å²) in [5.41, 5.74) is 0.212. The van der Waals surface area contributed by atoms with Crippen LogP contribution in [-0.2, 0) is 0 Å². The first-order chi connectivity index (χ1) is 8.54. The van der Waals surface area contributed by atoms with Crippen molar-refractivity contribution in [2.75, 3.05) is 26.2 Å². The van der Waals surface area contributed by atoms with E-state index in [-0.39, 0.29) is 5.41 Å². The van der Waals surface area contributed by atoms with E-state index in [1.54, 1.807) is 0 Å². The summed E-state index contributed by atoms with van der Waals surface area (Å²) < 4.78 is 0. The zero-order valence-corrected chi connectivity index (χ0v) is 12.5. The second-order valence-corrected chi connectivity index (χ2v) is 7.39. The van der Waals surface area contributed by atoms with Crippen LogP contribution in [0.3, 0.4) is 0 Å². The number of rotatable bonds is 4. The molecule has 0 spiro atoms. The molecule has 1 saturated heterocycles. The molecular weight excluding hydrogens is 222 g/mol. The van der Waals surface area contributed by atoms with Crippen LogP contribution in [0.15, 0.2) is 0 Å². The number of aliphatic hydroxyl groups excluding tert-OH is 1. The molecule has 1 N–H and O–H groups in total. The fraction of sp³-hybridized carbons (Fsp3) is 1.00. The van der Waals surface area contributed by atoms with Crippen LogP contribution in [0.5, 0.6) is 0 Å². The Morgan fingerprint density at radius 1 is 1.33 bits per heavy atom. The molecule has 0 aromatic rings. The van der Waals surface area contributed by atoms with Gasteiger partial charge < -0.3 is 10.0 Å². The van der Waals surface area contributed by atoms with Crippen molar-refractivity contribution in [2.45, 2.75) is 52.9 Å². The lowest BCUT2D eigenvalue weighted by Gasteiger charge is -2.41. The molecule has 3 atom stereocenters. The number of likely N-dealkylation sites (tertiary alicyclic amines) is 1. The predicted octanol–water partition coefficient (Wildman–Crippen LogP) is 3.15. The van der Waals surface area contributed by atoms with Crippen LogP contribution in [0.1, 0.15) is 52.9 Å². The van der Waals surface area contributed by atoms with Crippen LogP contribution in [-0.4, -0.2) is 36.2 Å². The summed E-state index contributed by atoms with van der Waals surface area (Å²) in [6, 6.07) is 0. The van der Waals surface area contributed by atoms with Gasteiger partial charge in [0.25, 0.3) is 0 Å². The molecule has 18 heavy (non-hydrogen) atoms. The third-order valence-corrected chi connectivity index (χ3v) is 5.33. The molecule has 1 aliphatic carbocycles. The number of aliphatic hydroxyl groups is 1. The lowest BCUT2D eigenvalue weighted by atomic mass is 9.70. The summed E-state index contributed by atoms with van der Waals surface area (Å²) in [7, 11) is 0. The Kier molecular flexibility index (Phi) is 4.71. The molecule has 0 aromatic carbocycles. The fourth-order valence-corrected chi connectivity index (χ4v) is 4.13. The molecule has 1 heterocycles. The van der Waals surface area contributed by atoms with Gasteiger partial charge in [-0.3, -0.25) is 0 Å². The van der Waals surface area contributed by atoms with Crippen LogP contribution >= 0.6 is 0 Å². The highest BCUT2D eigenvalue weighted by Crippen LogP contribution is 2.40. The first-order valence-electron chi connectivity index (χ1n) is 7.88. The summed E-state index contributed by atoms with van der Waals surface area (Å²) in [6.45, 7) is 11.1. The highest BCUT2D eigenvalue weighted by molar-refractivity contribution is 4.90. The van der Waals surface area contributed by atoms with Gasteiger partial charge in [-0.2, -0.15) is 0 Å². The van der Waals surface area contributed by atoms with E-state index in [1.807, 2.05) is 0 Å². The molecule has 0 amide bonds. The Balaban J connectivity index is 1.91. The minimum Gasteiger partial charge on any atom is -0.396 e. The van der Waals surface area contributed by atoms with Gasteiger partial charge in [0.1, 0.15) is 0 Å². The standard InChI is InChI=1S/C16H31NO/c1-13(2)15-6-8-17(10-15)11-16(12-18)7-4-5-14(3)9-16/h13-15,18H,4-12H2,1-3H3. The van der Waals surface area contributed by atoms with Gasteiger partial charge >= 0.3 is 0 Å². The molecular formula is C16H31NO. The number of hydrogen-bond acceptors (Lipinski definition) is 2. The van der Waals surface area contributed by atoms with Gasteiger partial charge in [0.15, 0.2) is 0 Å². The van der Waals surface area contributed by atoms with Crippen molar-refractivity contribution in [3.63, 3.8) is 0 Å². The average molecular weight is 253 g/mol. The van der Waals surface area contributed by atoms with E-state index in [0.717, 1.165) is 24.3 Å². The highest BCUT2D eigenvalue weighted by Gasteiger charge is 2.37. The van der Waals surface area contributed by atoms with Crippen molar-refractivity contribution in [1.82, 2.24) is 4.90 Å². The third-order valence-electron chi connectivity index (χ3n) is 5.33. The number of hydrogen-bond donors (Lipinski definition) is 1. The number of nitrogens with zero attached hydrogens (tertiary/aromatic N) is 1. The van der Waals surface area contributed by atoms with Crippen LogP contribution in [0, 0.1) is 23.2 Å². The molecule has 0 bridgehead atoms. The summed E-state index contributed by atoms with van der Waals surface area (Å²) in [5.74, 6) is 2.49. The highest BCUT2D eigenvalue weighted by atomic mass is 16.3. The topological polar surface area (TPSA) is 23.5 Å². The van der Waals surface area contributed by atoms with Gasteiger partial charge in [-0.25, -0.2) is 0 Å². The minimum atomic E-state index is 0.212. The van der Waals surface area contributed by atoms with Crippen LogP contribution in [0.4, 0.5) is 0 Å². The molecule has 1 saturated carbocycles. The van der Waals surface area contributed by atoms with E-state index >= 15 is 0 Å². The summed E-state index contributed by atoms with van der Waals surface area (Å²) in [4.78, 5) is 2.62. The maximum atomic E-state index is 9.87. The van der Waals surface area contributed by atoms with E-state index in [0.29, 0.717) is 6.61 Å². The van der Waals surface area contributed by atoms with E-state index < -0.39 is 0 Å². The minimum absolute atomic E-state index is 0.212. The molecule has 2 nitrogen and oxygen atoms in total. The van der Waals surface area contributed by atoms with E-state index in [9.17, 15) is 5.11 Å². The van der Waals surface area contributed by atoms with E-state index in [2.05, 4.69) is 25.7 Å². The van der Waals surface area contributed by atoms with Gasteiger partial charge in [0.2, 0.25) is 0 Å². The van der Waals surface area contributed by atoms with Crippen molar-refractivity contribution in [1.29, 1.82) is 0 Å². The van der Waals surface area contributed by atoms with Gasteiger partial charge in [-0.05, 0) is 43.6 Å². The Labute approximate surface area is 113 Å². The Bertz CT molecular complexity index is 266. The van der Waals surface area contributed by atoms with Crippen molar-refractivity contribution >= 4 is 0 Å². The van der Waals surface area contributed by atoms with E-state index in [1.165, 1.54) is 45.2 Å². The molecule has 2 aliphatic rings. The Hall–Kier alpha value is -0.0800. The molecule has 0 radical (unpaired) electrons. The van der Waals surface area contributed by atoms with Gasteiger partial charge in [0.05, 0.1) is 0 Å². The lowest BCUT2D eigenvalue weighted by Crippen LogP contribution is -2.42. The first-order valence-corrected chi connectivity index (χ1v) is 7.88. The van der Waals surface area contributed by atoms with Crippen molar-refractivity contribution in [3.8, 4) is 0 Å². The summed E-state index contributed by atoms with van der Waals surface area (Å²) >= 11 is 0. The molecule has 0 aromatic heterocycles. The van der Waals surface area contributed by atoms with Crippen LogP contribution in [0.25, 0.3) is 0 Å². The molecule has 2 fully saturated rings. The lowest BCUT2D eigenvalue weighted by molar-refractivity contribution is 0.0289. The van der Waals surface area contributed by atoms with Crippen molar-refractivity contribution in [2.24, 2.45) is 23.2 Å². The second-order valence-electron chi connectivity index (χ2n) is 7.39. The zero-order valence-electron chi connectivity index (χ0n) is 12.5. The molecule has 106 valence electrons. The van der Waals surface area contributed by atoms with Gasteiger partial charge in [0, 0.05) is 25.1 Å². The van der Waals surface area contributed by atoms with Crippen LogP contribution in [0.2, 0.25) is 0 Å². The first kappa shape index (κ1) is 14.3. The van der Waals surface area contributed by atoms with Gasteiger partial charge in [-0.15, -0.1) is 0 Å². The fourth-order valence-electron chi connectivity index (χ4n) is 4.13. The summed E-state index contributed by atoms with van der Waals surface area (Å²) in [6.07, 6.45) is 6.48. The Morgan fingerprint density at radius 2 is 2.11 bits per heavy atom. The maximum Gasteiger partial charge on any atom is 0.0499 e. The molecule has 2 heteroatoms. The SMILES string of the molecule is CC1CCCC(CO)(CN2CCC(C(C)C)C2)C1. The van der Waals surface area contributed by atoms with Gasteiger partial charge in [-0.1, -0.05) is 33.6 Å². The molecule has 3 unspecified atom stereocenters. The largest absolute Gasteiger partial charge is 0.396 e. The van der Waals surface area contributed by atoms with Crippen LogP contribution < -0.4 is 0 Å². The maximum absolute atomic E-state index is 9.87. The quantitative estimate of drug-likeness (QED) is 0.832.